The molecule has 2 heterocycles. The average molecular weight is 333 g/mol. The average Bonchev–Trinajstić information content (AvgIpc) is 3.10. The summed E-state index contributed by atoms with van der Waals surface area (Å²) in [5.41, 5.74) is 0.566. The van der Waals surface area contributed by atoms with Crippen molar-refractivity contribution in [3.8, 4) is 0 Å². The van der Waals surface area contributed by atoms with Gasteiger partial charge in [-0.15, -0.1) is 0 Å². The van der Waals surface area contributed by atoms with E-state index in [-0.39, 0.29) is 12.2 Å². The van der Waals surface area contributed by atoms with Gasteiger partial charge in [-0.3, -0.25) is 0 Å². The van der Waals surface area contributed by atoms with E-state index in [2.05, 4.69) is 25.5 Å². The summed E-state index contributed by atoms with van der Waals surface area (Å²) in [4.78, 5) is 22.6. The second-order valence-electron chi connectivity index (χ2n) is 5.47. The molecular formula is C16H17F2N5O. The van der Waals surface area contributed by atoms with Crippen molar-refractivity contribution in [3.05, 3.63) is 47.8 Å². The molecule has 0 saturated carbocycles. The number of hydrogen-bond acceptors (Lipinski definition) is 4. The zero-order chi connectivity index (χ0) is 16.9. The summed E-state index contributed by atoms with van der Waals surface area (Å²) in [5.74, 6) is -0.880. The number of benzene rings is 1. The summed E-state index contributed by atoms with van der Waals surface area (Å²) in [6.07, 6.45) is 3.89. The molecule has 0 unspecified atom stereocenters. The highest BCUT2D eigenvalue weighted by molar-refractivity contribution is 5.89. The van der Waals surface area contributed by atoms with Gasteiger partial charge >= 0.3 is 6.03 Å². The summed E-state index contributed by atoms with van der Waals surface area (Å²) in [5, 5.41) is 4.92. The highest BCUT2D eigenvalue weighted by Gasteiger charge is 2.15. The molecule has 2 N–H and O–H groups in total. The van der Waals surface area contributed by atoms with E-state index in [0.717, 1.165) is 32.0 Å². The Hall–Kier alpha value is -2.77. The maximum atomic E-state index is 13.5. The first-order valence-electron chi connectivity index (χ1n) is 7.68. The molecule has 1 aromatic carbocycles. The van der Waals surface area contributed by atoms with E-state index in [0.29, 0.717) is 17.7 Å². The lowest BCUT2D eigenvalue weighted by molar-refractivity contribution is 0.251. The summed E-state index contributed by atoms with van der Waals surface area (Å²) < 4.78 is 26.3. The minimum absolute atomic E-state index is 0.0886. The molecule has 0 bridgehead atoms. The molecule has 8 heteroatoms. The van der Waals surface area contributed by atoms with Crippen molar-refractivity contribution in [1.29, 1.82) is 0 Å². The molecule has 0 aliphatic carbocycles. The van der Waals surface area contributed by atoms with Gasteiger partial charge in [-0.25, -0.2) is 23.5 Å². The molecular weight excluding hydrogens is 316 g/mol. The summed E-state index contributed by atoms with van der Waals surface area (Å²) in [6.45, 7) is 2.04. The van der Waals surface area contributed by atoms with Crippen LogP contribution in [0.2, 0.25) is 0 Å². The number of halogens is 2. The molecule has 6 nitrogen and oxygen atoms in total. The fourth-order valence-corrected chi connectivity index (χ4v) is 2.48. The maximum Gasteiger partial charge on any atom is 0.319 e. The number of rotatable bonds is 4. The zero-order valence-electron chi connectivity index (χ0n) is 12.9. The van der Waals surface area contributed by atoms with Gasteiger partial charge in [0.15, 0.2) is 0 Å². The minimum Gasteiger partial charge on any atom is -0.341 e. The topological polar surface area (TPSA) is 70.2 Å². The van der Waals surface area contributed by atoms with Crippen molar-refractivity contribution in [2.24, 2.45) is 0 Å². The lowest BCUT2D eigenvalue weighted by Gasteiger charge is -2.15. The largest absolute Gasteiger partial charge is 0.341 e. The third-order valence-electron chi connectivity index (χ3n) is 3.70. The molecule has 3 rings (SSSR count). The Kier molecular flexibility index (Phi) is 4.83. The highest BCUT2D eigenvalue weighted by Crippen LogP contribution is 2.16. The van der Waals surface area contributed by atoms with Gasteiger partial charge in [0.2, 0.25) is 5.95 Å². The quantitative estimate of drug-likeness (QED) is 0.902. The van der Waals surface area contributed by atoms with Crippen LogP contribution in [0.3, 0.4) is 0 Å². The van der Waals surface area contributed by atoms with Gasteiger partial charge < -0.3 is 15.5 Å². The molecule has 0 spiro atoms. The number of carbonyl (C=O) groups excluding carboxylic acids is 1. The first-order valence-corrected chi connectivity index (χ1v) is 7.68. The van der Waals surface area contributed by atoms with Gasteiger partial charge in [-0.1, -0.05) is 0 Å². The third-order valence-corrected chi connectivity index (χ3v) is 3.70. The van der Waals surface area contributed by atoms with Crippen LogP contribution in [0.1, 0.15) is 18.5 Å². The van der Waals surface area contributed by atoms with E-state index in [1.807, 2.05) is 0 Å². The molecule has 0 radical (unpaired) electrons. The second kappa shape index (κ2) is 7.20. The number of hydrogen-bond donors (Lipinski definition) is 2. The molecule has 126 valence electrons. The van der Waals surface area contributed by atoms with Crippen molar-refractivity contribution in [2.45, 2.75) is 19.4 Å². The molecule has 0 atom stereocenters. The van der Waals surface area contributed by atoms with Crippen LogP contribution >= 0.6 is 0 Å². The number of carbonyl (C=O) groups is 1. The Morgan fingerprint density at radius 2 is 2.00 bits per heavy atom. The van der Waals surface area contributed by atoms with E-state index in [4.69, 9.17) is 0 Å². The van der Waals surface area contributed by atoms with Crippen molar-refractivity contribution < 1.29 is 13.6 Å². The van der Waals surface area contributed by atoms with Gasteiger partial charge in [-0.05, 0) is 31.0 Å². The monoisotopic (exact) mass is 333 g/mol. The normalized spacial score (nSPS) is 13.8. The van der Waals surface area contributed by atoms with Crippen LogP contribution in [0.15, 0.2) is 30.5 Å². The Labute approximate surface area is 137 Å². The smallest absolute Gasteiger partial charge is 0.319 e. The van der Waals surface area contributed by atoms with E-state index < -0.39 is 17.7 Å². The molecule has 1 fully saturated rings. The summed E-state index contributed by atoms with van der Waals surface area (Å²) >= 11 is 0. The van der Waals surface area contributed by atoms with Crippen LogP contribution < -0.4 is 15.5 Å². The first kappa shape index (κ1) is 16.1. The maximum absolute atomic E-state index is 13.5. The third kappa shape index (κ3) is 3.95. The number of urea groups is 1. The lowest BCUT2D eigenvalue weighted by atomic mass is 10.3. The van der Waals surface area contributed by atoms with Crippen molar-refractivity contribution in [2.75, 3.05) is 23.3 Å². The number of anilines is 2. The zero-order valence-corrected chi connectivity index (χ0v) is 12.9. The Morgan fingerprint density at radius 1 is 1.21 bits per heavy atom. The fourth-order valence-electron chi connectivity index (χ4n) is 2.48. The van der Waals surface area contributed by atoms with Crippen LogP contribution in [-0.4, -0.2) is 29.1 Å². The molecule has 2 amide bonds. The van der Waals surface area contributed by atoms with Crippen LogP contribution in [0.4, 0.5) is 25.2 Å². The molecule has 1 aromatic heterocycles. The molecule has 1 aliphatic rings. The number of aromatic nitrogens is 2. The van der Waals surface area contributed by atoms with Crippen molar-refractivity contribution in [1.82, 2.24) is 15.3 Å². The van der Waals surface area contributed by atoms with Crippen LogP contribution in [0.5, 0.6) is 0 Å². The lowest BCUT2D eigenvalue weighted by Crippen LogP contribution is -2.29. The predicted molar refractivity (Wildman–Crippen MR) is 85.7 cm³/mol. The number of nitrogens with one attached hydrogen (secondary N) is 2. The second-order valence-corrected chi connectivity index (χ2v) is 5.47. The van der Waals surface area contributed by atoms with Gasteiger partial charge in [0.25, 0.3) is 0 Å². The minimum atomic E-state index is -0.830. The predicted octanol–water partition coefficient (Wildman–Crippen LogP) is 2.68. The van der Waals surface area contributed by atoms with Gasteiger partial charge in [0.1, 0.15) is 11.6 Å². The Bertz CT molecular complexity index is 734. The molecule has 1 aliphatic heterocycles. The van der Waals surface area contributed by atoms with Crippen molar-refractivity contribution in [3.63, 3.8) is 0 Å². The molecule has 24 heavy (non-hydrogen) atoms. The van der Waals surface area contributed by atoms with Gasteiger partial charge in [0, 0.05) is 25.4 Å². The van der Waals surface area contributed by atoms with E-state index in [1.165, 1.54) is 6.07 Å². The highest BCUT2D eigenvalue weighted by atomic mass is 19.1. The van der Waals surface area contributed by atoms with E-state index >= 15 is 0 Å². The van der Waals surface area contributed by atoms with Gasteiger partial charge in [-0.2, -0.15) is 0 Å². The van der Waals surface area contributed by atoms with Crippen LogP contribution in [0.25, 0.3) is 0 Å². The molecule has 2 aromatic rings. The Balaban J connectivity index is 1.57. The Morgan fingerprint density at radius 3 is 2.75 bits per heavy atom. The van der Waals surface area contributed by atoms with Crippen molar-refractivity contribution >= 4 is 17.7 Å². The van der Waals surface area contributed by atoms with E-state index in [9.17, 15) is 13.6 Å². The number of nitrogens with zero attached hydrogens (tertiary/aromatic N) is 3. The first-order chi connectivity index (χ1) is 11.6. The van der Waals surface area contributed by atoms with E-state index in [1.54, 1.807) is 12.3 Å². The summed E-state index contributed by atoms with van der Waals surface area (Å²) in [7, 11) is 0. The fraction of sp³-hybridized carbons (Fsp3) is 0.312. The standard InChI is InChI=1S/C16H17F2N5O/c17-11-3-4-14(13(18)9-11)22-16(24)20-10-12-5-6-19-15(21-12)23-7-1-2-8-23/h3-6,9H,1-2,7-8,10H2,(H2,20,22,24). The van der Waals surface area contributed by atoms with Gasteiger partial charge in [0.05, 0.1) is 17.9 Å². The molecule has 1 saturated heterocycles. The SMILES string of the molecule is O=C(NCc1ccnc(N2CCCC2)n1)Nc1ccc(F)cc1F. The van der Waals surface area contributed by atoms with Crippen LogP contribution in [0, 0.1) is 11.6 Å². The number of amides is 2. The van der Waals surface area contributed by atoms with Crippen LogP contribution in [-0.2, 0) is 6.54 Å². The summed E-state index contributed by atoms with van der Waals surface area (Å²) in [6, 6.07) is 4.06.